The lowest BCUT2D eigenvalue weighted by Gasteiger charge is -2.12. The molecule has 0 atom stereocenters. The average molecular weight is 244 g/mol. The van der Waals surface area contributed by atoms with Crippen molar-refractivity contribution in [3.63, 3.8) is 0 Å². The lowest BCUT2D eigenvalue weighted by molar-refractivity contribution is -0.138. The summed E-state index contributed by atoms with van der Waals surface area (Å²) in [6.45, 7) is 6.73. The van der Waals surface area contributed by atoms with E-state index in [0.717, 1.165) is 6.07 Å². The Morgan fingerprint density at radius 2 is 1.82 bits per heavy atom. The molecule has 0 saturated carbocycles. The van der Waals surface area contributed by atoms with Crippen LogP contribution >= 0.6 is 0 Å². The largest absolute Gasteiger partial charge is 0.419 e. The molecule has 17 heavy (non-hydrogen) atoms. The molecule has 1 aromatic heterocycles. The number of aromatic nitrogens is 1. The number of alkyl halides is 3. The molecule has 0 aliphatic heterocycles. The fourth-order valence-corrected chi connectivity index (χ4v) is 1.29. The van der Waals surface area contributed by atoms with Gasteiger partial charge in [0.1, 0.15) is 5.82 Å². The van der Waals surface area contributed by atoms with E-state index in [1.54, 1.807) is 0 Å². The van der Waals surface area contributed by atoms with Gasteiger partial charge in [0.25, 0.3) is 0 Å². The second-order valence-corrected chi connectivity index (χ2v) is 2.93. The van der Waals surface area contributed by atoms with Crippen molar-refractivity contribution in [1.82, 2.24) is 4.98 Å². The molecule has 0 saturated heterocycles. The number of rotatable bonds is 0. The minimum atomic E-state index is -4.45. The molecule has 1 rings (SSSR count). The number of halogens is 3. The van der Waals surface area contributed by atoms with Crippen molar-refractivity contribution in [3.8, 4) is 11.8 Å². The molecule has 1 aromatic rings. The number of nitrogen functional groups attached to an aromatic ring is 1. The fraction of sp³-hybridized carbons (Fsp3) is 0.417. The van der Waals surface area contributed by atoms with E-state index in [-0.39, 0.29) is 17.1 Å². The molecule has 0 radical (unpaired) electrons. The molecular weight excluding hydrogens is 229 g/mol. The summed E-state index contributed by atoms with van der Waals surface area (Å²) in [5.41, 5.74) is 4.26. The van der Waals surface area contributed by atoms with Crippen LogP contribution in [0.2, 0.25) is 0 Å². The van der Waals surface area contributed by atoms with Crippen LogP contribution in [-0.2, 0) is 6.18 Å². The van der Waals surface area contributed by atoms with Gasteiger partial charge in [0.15, 0.2) is 0 Å². The van der Waals surface area contributed by atoms with Gasteiger partial charge in [-0.05, 0) is 19.9 Å². The summed E-state index contributed by atoms with van der Waals surface area (Å²) in [6, 6.07) is 1.13. The van der Waals surface area contributed by atoms with E-state index in [1.807, 2.05) is 13.8 Å². The van der Waals surface area contributed by atoms with Crippen LogP contribution in [-0.4, -0.2) is 4.98 Å². The van der Waals surface area contributed by atoms with Gasteiger partial charge in [-0.3, -0.25) is 0 Å². The molecule has 0 aromatic carbocycles. The smallest absolute Gasteiger partial charge is 0.384 e. The number of aryl methyl sites for hydroxylation is 1. The number of nitrogens with two attached hydrogens (primary N) is 1. The number of pyridine rings is 1. The first kappa shape index (κ1) is 15.3. The first-order chi connectivity index (χ1) is 7.86. The summed E-state index contributed by atoms with van der Waals surface area (Å²) >= 11 is 0. The van der Waals surface area contributed by atoms with Crippen LogP contribution in [0.5, 0.6) is 0 Å². The molecule has 5 heteroatoms. The number of hydrogen-bond donors (Lipinski definition) is 1. The second-order valence-electron chi connectivity index (χ2n) is 2.93. The van der Waals surface area contributed by atoms with Crippen LogP contribution < -0.4 is 5.73 Å². The first-order valence-electron chi connectivity index (χ1n) is 5.13. The van der Waals surface area contributed by atoms with E-state index in [2.05, 4.69) is 16.8 Å². The Morgan fingerprint density at radius 1 is 1.29 bits per heavy atom. The first-order valence-corrected chi connectivity index (χ1v) is 5.13. The van der Waals surface area contributed by atoms with Gasteiger partial charge in [0.2, 0.25) is 0 Å². The van der Waals surface area contributed by atoms with Gasteiger partial charge >= 0.3 is 6.18 Å². The molecule has 0 amide bonds. The molecule has 94 valence electrons. The zero-order valence-electron chi connectivity index (χ0n) is 10.2. The van der Waals surface area contributed by atoms with Crippen molar-refractivity contribution in [3.05, 3.63) is 22.9 Å². The van der Waals surface area contributed by atoms with Crippen molar-refractivity contribution in [1.29, 1.82) is 0 Å². The zero-order chi connectivity index (χ0) is 13.6. The highest BCUT2D eigenvalue weighted by Gasteiger charge is 2.35. The highest BCUT2D eigenvalue weighted by Crippen LogP contribution is 2.34. The summed E-state index contributed by atoms with van der Waals surface area (Å²) in [5, 5.41) is 0. The maximum atomic E-state index is 12.6. The Balaban J connectivity index is 0.00000121. The van der Waals surface area contributed by atoms with E-state index in [1.165, 1.54) is 13.8 Å². The van der Waals surface area contributed by atoms with E-state index < -0.39 is 11.7 Å². The van der Waals surface area contributed by atoms with Crippen molar-refractivity contribution in [2.24, 2.45) is 0 Å². The number of nitrogens with zero attached hydrogens (tertiary/aromatic N) is 1. The van der Waals surface area contributed by atoms with Crippen LogP contribution in [0.4, 0.5) is 19.0 Å². The highest BCUT2D eigenvalue weighted by atomic mass is 19.4. The van der Waals surface area contributed by atoms with E-state index in [4.69, 9.17) is 5.73 Å². The lowest BCUT2D eigenvalue weighted by Crippen LogP contribution is -2.12. The van der Waals surface area contributed by atoms with Gasteiger partial charge in [-0.15, -0.1) is 5.92 Å². The maximum absolute atomic E-state index is 12.6. The Kier molecular flexibility index (Phi) is 5.52. The molecule has 1 heterocycles. The monoisotopic (exact) mass is 244 g/mol. The third-order valence-corrected chi connectivity index (χ3v) is 1.76. The molecule has 2 N–H and O–H groups in total. The summed E-state index contributed by atoms with van der Waals surface area (Å²) in [7, 11) is 0. The van der Waals surface area contributed by atoms with Gasteiger partial charge in [-0.1, -0.05) is 19.8 Å². The van der Waals surface area contributed by atoms with Crippen molar-refractivity contribution < 1.29 is 13.2 Å². The van der Waals surface area contributed by atoms with E-state index in [9.17, 15) is 13.2 Å². The topological polar surface area (TPSA) is 38.9 Å². The van der Waals surface area contributed by atoms with Crippen LogP contribution in [0, 0.1) is 18.8 Å². The SMILES string of the molecule is CC.CC#Cc1cc(N)nc(C)c1C(F)(F)F. The lowest BCUT2D eigenvalue weighted by atomic mass is 10.1. The van der Waals surface area contributed by atoms with Crippen LogP contribution in [0.15, 0.2) is 6.07 Å². The van der Waals surface area contributed by atoms with Gasteiger partial charge in [0, 0.05) is 5.56 Å². The molecule has 0 aliphatic rings. The highest BCUT2D eigenvalue weighted by molar-refractivity contribution is 5.50. The van der Waals surface area contributed by atoms with Gasteiger partial charge in [0.05, 0.1) is 11.3 Å². The third kappa shape index (κ3) is 3.99. The Morgan fingerprint density at radius 3 is 2.24 bits per heavy atom. The second kappa shape index (κ2) is 6.14. The molecule has 0 fully saturated rings. The van der Waals surface area contributed by atoms with Crippen LogP contribution in [0.25, 0.3) is 0 Å². The molecule has 0 bridgehead atoms. The predicted octanol–water partition coefficient (Wildman–Crippen LogP) is 3.39. The quantitative estimate of drug-likeness (QED) is 0.710. The van der Waals surface area contributed by atoms with Gasteiger partial charge in [-0.2, -0.15) is 13.2 Å². The number of hydrogen-bond acceptors (Lipinski definition) is 2. The third-order valence-electron chi connectivity index (χ3n) is 1.76. The maximum Gasteiger partial charge on any atom is 0.419 e. The Labute approximate surface area is 99.0 Å². The van der Waals surface area contributed by atoms with Crippen LogP contribution in [0.3, 0.4) is 0 Å². The zero-order valence-corrected chi connectivity index (χ0v) is 10.2. The molecule has 0 unspecified atom stereocenters. The van der Waals surface area contributed by atoms with Gasteiger partial charge in [-0.25, -0.2) is 4.98 Å². The molecular formula is C12H15F3N2. The number of anilines is 1. The summed E-state index contributed by atoms with van der Waals surface area (Å²) in [4.78, 5) is 3.57. The minimum absolute atomic E-state index is 0.0400. The molecule has 0 spiro atoms. The average Bonchev–Trinajstić information content (AvgIpc) is 2.17. The minimum Gasteiger partial charge on any atom is -0.384 e. The molecule has 0 aliphatic carbocycles. The summed E-state index contributed by atoms with van der Waals surface area (Å²) < 4.78 is 37.8. The van der Waals surface area contributed by atoms with Crippen molar-refractivity contribution in [2.45, 2.75) is 33.9 Å². The van der Waals surface area contributed by atoms with Crippen molar-refractivity contribution >= 4 is 5.82 Å². The Bertz CT molecular complexity index is 440. The van der Waals surface area contributed by atoms with E-state index >= 15 is 0 Å². The normalized spacial score (nSPS) is 9.82. The van der Waals surface area contributed by atoms with Crippen LogP contribution in [0.1, 0.15) is 37.6 Å². The predicted molar refractivity (Wildman–Crippen MR) is 62.3 cm³/mol. The summed E-state index contributed by atoms with van der Waals surface area (Å²) in [6.07, 6.45) is -4.45. The van der Waals surface area contributed by atoms with Crippen molar-refractivity contribution in [2.75, 3.05) is 5.73 Å². The fourth-order valence-electron chi connectivity index (χ4n) is 1.29. The van der Waals surface area contributed by atoms with Gasteiger partial charge < -0.3 is 5.73 Å². The summed E-state index contributed by atoms with van der Waals surface area (Å²) in [5.74, 6) is 4.83. The Hall–Kier alpha value is -1.70. The standard InChI is InChI=1S/C10H9F3N2.C2H6/c1-3-4-7-5-8(14)15-6(2)9(7)10(11,12)13;1-2/h5H,1-2H3,(H2,14,15);1-2H3. The van der Waals surface area contributed by atoms with E-state index in [0.29, 0.717) is 0 Å². The molecule has 2 nitrogen and oxygen atoms in total.